The third-order valence-corrected chi connectivity index (χ3v) is 4.74. The molecule has 0 bridgehead atoms. The van der Waals surface area contributed by atoms with Gasteiger partial charge >= 0.3 is 0 Å². The van der Waals surface area contributed by atoms with Gasteiger partial charge in [0.15, 0.2) is 0 Å². The molecule has 3 heteroatoms. The van der Waals surface area contributed by atoms with Gasteiger partial charge in [-0.1, -0.05) is 41.5 Å². The average Bonchev–Trinajstić information content (AvgIpc) is 2.82. The van der Waals surface area contributed by atoms with E-state index in [9.17, 15) is 5.11 Å². The first-order chi connectivity index (χ1) is 9.46. The van der Waals surface area contributed by atoms with Crippen LogP contribution in [0.4, 0.5) is 0 Å². The van der Waals surface area contributed by atoms with Crippen LogP contribution >= 0.6 is 11.3 Å². The predicted octanol–water partition coefficient (Wildman–Crippen LogP) is 4.17. The summed E-state index contributed by atoms with van der Waals surface area (Å²) in [4.78, 5) is 4.59. The van der Waals surface area contributed by atoms with Crippen LogP contribution < -0.4 is 0 Å². The lowest BCUT2D eigenvalue weighted by Gasteiger charge is -2.22. The molecule has 1 atom stereocenters. The molecule has 1 N–H and O–H groups in total. The molecule has 3 rings (SSSR count). The van der Waals surface area contributed by atoms with Crippen molar-refractivity contribution >= 4 is 21.6 Å². The Morgan fingerprint density at radius 2 is 1.70 bits per heavy atom. The van der Waals surface area contributed by atoms with Gasteiger partial charge in [-0.3, -0.25) is 0 Å². The van der Waals surface area contributed by atoms with Gasteiger partial charge in [0.1, 0.15) is 10.6 Å². The summed E-state index contributed by atoms with van der Waals surface area (Å²) in [5.74, 6) is 0. The number of thiazole rings is 1. The van der Waals surface area contributed by atoms with Gasteiger partial charge in [-0.2, -0.15) is 0 Å². The van der Waals surface area contributed by atoms with Gasteiger partial charge in [0.05, 0.1) is 10.2 Å². The van der Waals surface area contributed by atoms with Gasteiger partial charge in [-0.05, 0) is 38.5 Å². The lowest BCUT2D eigenvalue weighted by atomic mass is 9.93. The van der Waals surface area contributed by atoms with Gasteiger partial charge in [-0.15, -0.1) is 11.3 Å². The molecule has 0 radical (unpaired) electrons. The topological polar surface area (TPSA) is 33.1 Å². The Kier molecular flexibility index (Phi) is 3.11. The Hall–Kier alpha value is -1.71. The molecule has 0 fully saturated rings. The number of rotatable bonds is 2. The summed E-state index contributed by atoms with van der Waals surface area (Å²) < 4.78 is 1.10. The second-order valence-electron chi connectivity index (χ2n) is 5.44. The highest BCUT2D eigenvalue weighted by atomic mass is 32.1. The van der Waals surface area contributed by atoms with E-state index >= 15 is 0 Å². The number of para-hydroxylation sites is 1. The number of hydrogen-bond donors (Lipinski definition) is 1. The van der Waals surface area contributed by atoms with Crippen LogP contribution in [0.25, 0.3) is 10.2 Å². The second-order valence-corrected chi connectivity index (χ2v) is 6.47. The minimum Gasteiger partial charge on any atom is -0.378 e. The van der Waals surface area contributed by atoms with Crippen molar-refractivity contribution in [2.75, 3.05) is 0 Å². The Bertz CT molecular complexity index is 720. The Labute approximate surface area is 122 Å². The number of benzene rings is 2. The average molecular weight is 283 g/mol. The van der Waals surface area contributed by atoms with Crippen LogP contribution in [0.3, 0.4) is 0 Å². The van der Waals surface area contributed by atoms with E-state index in [1.54, 1.807) is 11.3 Å². The fourth-order valence-corrected chi connectivity index (χ4v) is 3.49. The molecule has 2 nitrogen and oxygen atoms in total. The third-order valence-electron chi connectivity index (χ3n) is 3.49. The molecule has 2 aromatic carbocycles. The van der Waals surface area contributed by atoms with E-state index in [1.165, 1.54) is 0 Å². The zero-order chi connectivity index (χ0) is 14.3. The largest absolute Gasteiger partial charge is 0.378 e. The van der Waals surface area contributed by atoms with E-state index in [4.69, 9.17) is 0 Å². The zero-order valence-electron chi connectivity index (χ0n) is 11.8. The van der Waals surface area contributed by atoms with Crippen LogP contribution in [0.1, 0.15) is 28.6 Å². The summed E-state index contributed by atoms with van der Waals surface area (Å²) in [6.07, 6.45) is 0. The minimum atomic E-state index is -1.06. The number of aromatic nitrogens is 1. The minimum absolute atomic E-state index is 0.740. The van der Waals surface area contributed by atoms with Crippen LogP contribution in [0.2, 0.25) is 0 Å². The van der Waals surface area contributed by atoms with Crippen molar-refractivity contribution in [3.05, 3.63) is 64.2 Å². The van der Waals surface area contributed by atoms with Gasteiger partial charge in [-0.25, -0.2) is 4.98 Å². The molecule has 0 aliphatic heterocycles. The molecule has 1 aromatic heterocycles. The highest BCUT2D eigenvalue weighted by Crippen LogP contribution is 2.35. The molecule has 20 heavy (non-hydrogen) atoms. The van der Waals surface area contributed by atoms with Crippen LogP contribution in [0.5, 0.6) is 0 Å². The Morgan fingerprint density at radius 1 is 1.05 bits per heavy atom. The van der Waals surface area contributed by atoms with E-state index in [0.717, 1.165) is 31.9 Å². The van der Waals surface area contributed by atoms with Crippen molar-refractivity contribution in [1.82, 2.24) is 4.98 Å². The SMILES string of the molecule is Cc1cc(C)cc(C(C)(O)c2nc3ccccc3s2)c1. The first-order valence-electron chi connectivity index (χ1n) is 6.64. The van der Waals surface area contributed by atoms with E-state index in [2.05, 4.69) is 11.1 Å². The number of fused-ring (bicyclic) bond motifs is 1. The molecular weight excluding hydrogens is 266 g/mol. The highest BCUT2D eigenvalue weighted by Gasteiger charge is 2.29. The van der Waals surface area contributed by atoms with Crippen molar-refractivity contribution in [3.8, 4) is 0 Å². The number of nitrogens with zero attached hydrogens (tertiary/aromatic N) is 1. The van der Waals surface area contributed by atoms with Gasteiger partial charge in [0.2, 0.25) is 0 Å². The Balaban J connectivity index is 2.14. The van der Waals surface area contributed by atoms with Crippen molar-refractivity contribution in [2.45, 2.75) is 26.4 Å². The standard InChI is InChI=1S/C17H17NOS/c1-11-8-12(2)10-13(9-11)17(3,19)16-18-14-6-4-5-7-15(14)20-16/h4-10,19H,1-3H3. The molecule has 0 spiro atoms. The molecule has 102 valence electrons. The molecule has 0 aliphatic carbocycles. The molecular formula is C17H17NOS. The molecule has 0 saturated heterocycles. The van der Waals surface area contributed by atoms with E-state index in [-0.39, 0.29) is 0 Å². The molecule has 3 aromatic rings. The first-order valence-corrected chi connectivity index (χ1v) is 7.45. The number of aryl methyl sites for hydroxylation is 2. The molecule has 1 unspecified atom stereocenters. The third kappa shape index (κ3) is 2.23. The predicted molar refractivity (Wildman–Crippen MR) is 84.2 cm³/mol. The van der Waals surface area contributed by atoms with E-state index in [1.807, 2.05) is 57.2 Å². The molecule has 0 amide bonds. The van der Waals surface area contributed by atoms with Crippen LogP contribution in [-0.2, 0) is 5.60 Å². The van der Waals surface area contributed by atoms with Crippen molar-refractivity contribution in [1.29, 1.82) is 0 Å². The van der Waals surface area contributed by atoms with E-state index < -0.39 is 5.60 Å². The normalized spacial score (nSPS) is 14.4. The maximum Gasteiger partial charge on any atom is 0.138 e. The number of hydrogen-bond acceptors (Lipinski definition) is 3. The smallest absolute Gasteiger partial charge is 0.138 e. The Morgan fingerprint density at radius 3 is 2.35 bits per heavy atom. The fraction of sp³-hybridized carbons (Fsp3) is 0.235. The summed E-state index contributed by atoms with van der Waals surface area (Å²) in [6.45, 7) is 5.91. The zero-order valence-corrected chi connectivity index (χ0v) is 12.7. The summed E-state index contributed by atoms with van der Waals surface area (Å²) in [5.41, 5.74) is 3.09. The highest BCUT2D eigenvalue weighted by molar-refractivity contribution is 7.18. The van der Waals surface area contributed by atoms with Crippen molar-refractivity contribution in [2.24, 2.45) is 0 Å². The summed E-state index contributed by atoms with van der Waals surface area (Å²) in [7, 11) is 0. The van der Waals surface area contributed by atoms with Crippen LogP contribution in [0.15, 0.2) is 42.5 Å². The lowest BCUT2D eigenvalue weighted by molar-refractivity contribution is 0.102. The molecule has 1 heterocycles. The van der Waals surface area contributed by atoms with Crippen molar-refractivity contribution in [3.63, 3.8) is 0 Å². The van der Waals surface area contributed by atoms with Crippen LogP contribution in [-0.4, -0.2) is 10.1 Å². The van der Waals surface area contributed by atoms with E-state index in [0.29, 0.717) is 0 Å². The van der Waals surface area contributed by atoms with Gasteiger partial charge in [0, 0.05) is 0 Å². The summed E-state index contributed by atoms with van der Waals surface area (Å²) in [5, 5.41) is 11.7. The van der Waals surface area contributed by atoms with Crippen molar-refractivity contribution < 1.29 is 5.11 Å². The number of aliphatic hydroxyl groups is 1. The summed E-state index contributed by atoms with van der Waals surface area (Å²) in [6, 6.07) is 14.1. The maximum atomic E-state index is 11.0. The molecule has 0 aliphatic rings. The first kappa shape index (κ1) is 13.3. The lowest BCUT2D eigenvalue weighted by Crippen LogP contribution is -2.22. The monoisotopic (exact) mass is 283 g/mol. The fourth-order valence-electron chi connectivity index (χ4n) is 2.46. The van der Waals surface area contributed by atoms with Crippen LogP contribution in [0, 0.1) is 13.8 Å². The molecule has 0 saturated carbocycles. The maximum absolute atomic E-state index is 11.0. The quantitative estimate of drug-likeness (QED) is 0.765. The second kappa shape index (κ2) is 4.69. The van der Waals surface area contributed by atoms with Gasteiger partial charge < -0.3 is 5.11 Å². The van der Waals surface area contributed by atoms with Gasteiger partial charge in [0.25, 0.3) is 0 Å². The summed E-state index contributed by atoms with van der Waals surface area (Å²) >= 11 is 1.55.